The Labute approximate surface area is 123 Å². The van der Waals surface area contributed by atoms with Crippen LogP contribution in [0.2, 0.25) is 0 Å². The first kappa shape index (κ1) is 16.2. The van der Waals surface area contributed by atoms with Gasteiger partial charge >= 0.3 is 0 Å². The summed E-state index contributed by atoms with van der Waals surface area (Å²) in [4.78, 5) is 0. The van der Waals surface area contributed by atoms with E-state index < -0.39 is 15.8 Å². The van der Waals surface area contributed by atoms with Gasteiger partial charge in [0, 0.05) is 19.6 Å². The molecule has 2 rings (SSSR count). The maximum Gasteiger partial charge on any atom is 0.215 e. The first-order valence-corrected chi connectivity index (χ1v) is 8.39. The van der Waals surface area contributed by atoms with E-state index in [2.05, 4.69) is 10.0 Å². The molecule has 0 spiro atoms. The van der Waals surface area contributed by atoms with E-state index in [0.717, 1.165) is 6.54 Å². The molecule has 1 saturated heterocycles. The first-order valence-electron chi connectivity index (χ1n) is 6.74. The molecule has 6 nitrogen and oxygen atoms in total. The van der Waals surface area contributed by atoms with Gasteiger partial charge in [-0.15, -0.1) is 0 Å². The molecular weight excluding hydrogens is 299 g/mol. The van der Waals surface area contributed by atoms with Gasteiger partial charge in [0.25, 0.3) is 0 Å². The summed E-state index contributed by atoms with van der Waals surface area (Å²) >= 11 is 0. The normalized spacial score (nSPS) is 19.4. The van der Waals surface area contributed by atoms with Crippen LogP contribution in [0.3, 0.4) is 0 Å². The van der Waals surface area contributed by atoms with Gasteiger partial charge in [-0.1, -0.05) is 12.1 Å². The second-order valence-corrected chi connectivity index (χ2v) is 6.57. The third-order valence-electron chi connectivity index (χ3n) is 2.98. The van der Waals surface area contributed by atoms with Gasteiger partial charge in [-0.2, -0.15) is 0 Å². The van der Waals surface area contributed by atoms with Crippen LogP contribution in [0.5, 0.6) is 5.75 Å². The van der Waals surface area contributed by atoms with Crippen molar-refractivity contribution in [2.24, 2.45) is 0 Å². The molecule has 118 valence electrons. The van der Waals surface area contributed by atoms with Crippen LogP contribution in [0, 0.1) is 5.82 Å². The summed E-state index contributed by atoms with van der Waals surface area (Å²) in [6.07, 6.45) is -0.166. The summed E-state index contributed by atoms with van der Waals surface area (Å²) in [5, 5.41) is 3.12. The van der Waals surface area contributed by atoms with Crippen molar-refractivity contribution in [2.45, 2.75) is 6.10 Å². The van der Waals surface area contributed by atoms with Crippen molar-refractivity contribution in [1.82, 2.24) is 10.0 Å². The fraction of sp³-hybridized carbons (Fsp3) is 0.538. The fourth-order valence-corrected chi connectivity index (χ4v) is 2.75. The van der Waals surface area contributed by atoms with E-state index in [9.17, 15) is 12.8 Å². The van der Waals surface area contributed by atoms with Crippen molar-refractivity contribution < 1.29 is 22.3 Å². The number of hydrogen-bond acceptors (Lipinski definition) is 5. The quantitative estimate of drug-likeness (QED) is 0.746. The van der Waals surface area contributed by atoms with E-state index in [-0.39, 0.29) is 30.8 Å². The molecule has 21 heavy (non-hydrogen) atoms. The molecule has 1 aliphatic rings. The Morgan fingerprint density at radius 1 is 1.43 bits per heavy atom. The van der Waals surface area contributed by atoms with Crippen molar-refractivity contribution in [3.63, 3.8) is 0 Å². The lowest BCUT2D eigenvalue weighted by Gasteiger charge is -2.23. The third-order valence-corrected chi connectivity index (χ3v) is 4.29. The Bertz CT molecular complexity index is 547. The predicted octanol–water partition coefficient (Wildman–Crippen LogP) is 0.112. The minimum atomic E-state index is -3.47. The van der Waals surface area contributed by atoms with Crippen LogP contribution in [0.25, 0.3) is 0 Å². The van der Waals surface area contributed by atoms with Crippen molar-refractivity contribution in [2.75, 3.05) is 38.6 Å². The van der Waals surface area contributed by atoms with Gasteiger partial charge in [0.15, 0.2) is 11.6 Å². The molecule has 0 amide bonds. The average Bonchev–Trinajstić information content (AvgIpc) is 2.48. The summed E-state index contributed by atoms with van der Waals surface area (Å²) < 4.78 is 49.8. The summed E-state index contributed by atoms with van der Waals surface area (Å²) in [5.41, 5.74) is 0. The van der Waals surface area contributed by atoms with Crippen LogP contribution in [0.4, 0.5) is 4.39 Å². The van der Waals surface area contributed by atoms with Crippen LogP contribution >= 0.6 is 0 Å². The first-order chi connectivity index (χ1) is 10.1. The second kappa shape index (κ2) is 7.69. The molecule has 8 heteroatoms. The SMILES string of the molecule is O=S(=O)(CCOc1ccccc1F)NC[C@@H]1CNCCO1. The molecule has 1 aromatic carbocycles. The van der Waals surface area contributed by atoms with Gasteiger partial charge in [-0.3, -0.25) is 0 Å². The Morgan fingerprint density at radius 2 is 2.24 bits per heavy atom. The minimum absolute atomic E-state index is 0.0486. The molecule has 0 aliphatic carbocycles. The highest BCUT2D eigenvalue weighted by Crippen LogP contribution is 2.15. The average molecular weight is 318 g/mol. The van der Waals surface area contributed by atoms with Crippen molar-refractivity contribution >= 4 is 10.0 Å². The number of rotatable bonds is 7. The standard InChI is InChI=1S/C13H19FN2O4S/c14-12-3-1-2-4-13(12)20-7-8-21(17,18)16-10-11-9-15-5-6-19-11/h1-4,11,15-16H,5-10H2/t11-/m0/s1. The topological polar surface area (TPSA) is 76.7 Å². The van der Waals surface area contributed by atoms with Gasteiger partial charge in [0.05, 0.1) is 18.5 Å². The van der Waals surface area contributed by atoms with E-state index in [4.69, 9.17) is 9.47 Å². The third kappa shape index (κ3) is 5.58. The largest absolute Gasteiger partial charge is 0.489 e. The predicted molar refractivity (Wildman–Crippen MR) is 76.3 cm³/mol. The van der Waals surface area contributed by atoms with Crippen LogP contribution in [0.15, 0.2) is 24.3 Å². The lowest BCUT2D eigenvalue weighted by molar-refractivity contribution is 0.0324. The van der Waals surface area contributed by atoms with Gasteiger partial charge in [0.1, 0.15) is 6.61 Å². The molecule has 1 aliphatic heterocycles. The Balaban J connectivity index is 1.72. The molecule has 0 saturated carbocycles. The number of morpholine rings is 1. The van der Waals surface area contributed by atoms with Crippen molar-refractivity contribution in [1.29, 1.82) is 0 Å². The van der Waals surface area contributed by atoms with Gasteiger partial charge in [-0.05, 0) is 12.1 Å². The molecule has 1 aromatic rings. The molecule has 0 unspecified atom stereocenters. The molecular formula is C13H19FN2O4S. The zero-order chi connectivity index (χ0) is 15.1. The fourth-order valence-electron chi connectivity index (χ4n) is 1.87. The number of hydrogen-bond donors (Lipinski definition) is 2. The number of ether oxygens (including phenoxy) is 2. The number of nitrogens with one attached hydrogen (secondary N) is 2. The Morgan fingerprint density at radius 3 is 2.95 bits per heavy atom. The number of benzene rings is 1. The van der Waals surface area contributed by atoms with E-state index in [0.29, 0.717) is 13.2 Å². The Kier molecular flexibility index (Phi) is 5.92. The van der Waals surface area contributed by atoms with Crippen LogP contribution < -0.4 is 14.8 Å². The molecule has 0 radical (unpaired) electrons. The van der Waals surface area contributed by atoms with Gasteiger partial charge < -0.3 is 14.8 Å². The summed E-state index contributed by atoms with van der Waals surface area (Å²) in [5.74, 6) is -0.696. The highest BCUT2D eigenvalue weighted by Gasteiger charge is 2.17. The van der Waals surface area contributed by atoms with E-state index in [1.807, 2.05) is 0 Å². The maximum absolute atomic E-state index is 13.3. The van der Waals surface area contributed by atoms with E-state index in [1.54, 1.807) is 12.1 Å². The Hall–Kier alpha value is -1.22. The summed E-state index contributed by atoms with van der Waals surface area (Å²) in [6, 6.07) is 5.88. The van der Waals surface area contributed by atoms with Crippen LogP contribution in [0.1, 0.15) is 0 Å². The van der Waals surface area contributed by atoms with Gasteiger partial charge in [0.2, 0.25) is 10.0 Å². The molecule has 0 aromatic heterocycles. The number of sulfonamides is 1. The minimum Gasteiger partial charge on any atom is -0.489 e. The number of para-hydroxylation sites is 1. The molecule has 2 N–H and O–H groups in total. The summed E-state index contributed by atoms with van der Waals surface area (Å²) in [6.45, 7) is 2.08. The van der Waals surface area contributed by atoms with Crippen LogP contribution in [-0.2, 0) is 14.8 Å². The highest BCUT2D eigenvalue weighted by atomic mass is 32.2. The van der Waals surface area contributed by atoms with Crippen molar-refractivity contribution in [3.05, 3.63) is 30.1 Å². The smallest absolute Gasteiger partial charge is 0.215 e. The molecule has 1 heterocycles. The van der Waals surface area contributed by atoms with E-state index >= 15 is 0 Å². The molecule has 0 bridgehead atoms. The lowest BCUT2D eigenvalue weighted by Crippen LogP contribution is -2.45. The zero-order valence-corrected chi connectivity index (χ0v) is 12.4. The second-order valence-electron chi connectivity index (χ2n) is 4.64. The highest BCUT2D eigenvalue weighted by molar-refractivity contribution is 7.89. The van der Waals surface area contributed by atoms with Crippen LogP contribution in [-0.4, -0.2) is 53.1 Å². The van der Waals surface area contributed by atoms with Gasteiger partial charge in [-0.25, -0.2) is 17.5 Å². The zero-order valence-electron chi connectivity index (χ0n) is 11.5. The maximum atomic E-state index is 13.3. The molecule has 1 fully saturated rings. The van der Waals surface area contributed by atoms with E-state index in [1.165, 1.54) is 12.1 Å². The number of halogens is 1. The lowest BCUT2D eigenvalue weighted by atomic mass is 10.3. The monoisotopic (exact) mass is 318 g/mol. The molecule has 1 atom stereocenters. The van der Waals surface area contributed by atoms with Crippen molar-refractivity contribution in [3.8, 4) is 5.75 Å². The summed E-state index contributed by atoms with van der Waals surface area (Å²) in [7, 11) is -3.47.